The van der Waals surface area contributed by atoms with Gasteiger partial charge in [-0.25, -0.2) is 14.4 Å². The monoisotopic (exact) mass is 325 g/mol. The fraction of sp³-hybridized carbons (Fsp3) is 0.222. The van der Waals surface area contributed by atoms with E-state index in [9.17, 15) is 4.39 Å². The van der Waals surface area contributed by atoms with E-state index in [1.165, 1.54) is 25.0 Å². The number of hydrogen-bond acceptors (Lipinski definition) is 4. The Morgan fingerprint density at radius 1 is 1.04 bits per heavy atom. The van der Waals surface area contributed by atoms with Crippen LogP contribution in [0.2, 0.25) is 0 Å². The Morgan fingerprint density at radius 2 is 1.83 bits per heavy atom. The van der Waals surface area contributed by atoms with Crippen LogP contribution >= 0.6 is 11.8 Å². The molecule has 5 heteroatoms. The standard InChI is InChI=1S/C18H16FN3S/c19-13-7-5-12(6-8-13)11-23-18-21-16-4-2-1-3-15(16)17(22-18)20-14-9-10-14/h1-8,14H,9-11H2,(H,20,21,22). The van der Waals surface area contributed by atoms with Crippen LogP contribution in [0, 0.1) is 5.82 Å². The summed E-state index contributed by atoms with van der Waals surface area (Å²) < 4.78 is 13.0. The lowest BCUT2D eigenvalue weighted by Crippen LogP contribution is -2.05. The number of nitrogens with zero attached hydrogens (tertiary/aromatic N) is 2. The normalized spacial score (nSPS) is 14.1. The quantitative estimate of drug-likeness (QED) is 0.548. The minimum Gasteiger partial charge on any atom is -0.367 e. The van der Waals surface area contributed by atoms with Gasteiger partial charge in [0.15, 0.2) is 5.16 Å². The van der Waals surface area contributed by atoms with Gasteiger partial charge < -0.3 is 5.32 Å². The predicted octanol–water partition coefficient (Wildman–Crippen LogP) is 4.64. The van der Waals surface area contributed by atoms with Gasteiger partial charge in [-0.3, -0.25) is 0 Å². The molecule has 0 unspecified atom stereocenters. The van der Waals surface area contributed by atoms with Crippen LogP contribution in [0.15, 0.2) is 53.7 Å². The van der Waals surface area contributed by atoms with Crippen molar-refractivity contribution in [2.45, 2.75) is 29.8 Å². The zero-order valence-corrected chi connectivity index (χ0v) is 13.3. The second kappa shape index (κ2) is 6.16. The third-order valence-electron chi connectivity index (χ3n) is 3.78. The van der Waals surface area contributed by atoms with E-state index in [1.807, 2.05) is 18.2 Å². The van der Waals surface area contributed by atoms with Crippen molar-refractivity contribution < 1.29 is 4.39 Å². The van der Waals surface area contributed by atoms with Gasteiger partial charge in [0, 0.05) is 17.2 Å². The van der Waals surface area contributed by atoms with Gasteiger partial charge in [0.2, 0.25) is 0 Å². The third kappa shape index (κ3) is 3.45. The molecule has 116 valence electrons. The highest BCUT2D eigenvalue weighted by molar-refractivity contribution is 7.98. The van der Waals surface area contributed by atoms with Crippen molar-refractivity contribution in [2.24, 2.45) is 0 Å². The molecule has 0 radical (unpaired) electrons. The zero-order chi connectivity index (χ0) is 15.6. The fourth-order valence-corrected chi connectivity index (χ4v) is 3.19. The maximum absolute atomic E-state index is 13.0. The number of hydrogen-bond donors (Lipinski definition) is 1. The van der Waals surface area contributed by atoms with Gasteiger partial charge in [-0.2, -0.15) is 0 Å². The highest BCUT2D eigenvalue weighted by Gasteiger charge is 2.22. The van der Waals surface area contributed by atoms with Crippen molar-refractivity contribution in [1.29, 1.82) is 0 Å². The predicted molar refractivity (Wildman–Crippen MR) is 92.1 cm³/mol. The SMILES string of the molecule is Fc1ccc(CSc2nc(NC3CC3)c3ccccc3n2)cc1. The Kier molecular flexibility index (Phi) is 3.87. The number of benzene rings is 2. The molecule has 1 aliphatic carbocycles. The van der Waals surface area contributed by atoms with Crippen LogP contribution in [-0.4, -0.2) is 16.0 Å². The molecule has 0 amide bonds. The number of fused-ring (bicyclic) bond motifs is 1. The van der Waals surface area contributed by atoms with E-state index >= 15 is 0 Å². The Hall–Kier alpha value is -2.14. The Balaban J connectivity index is 1.59. The molecule has 0 bridgehead atoms. The van der Waals surface area contributed by atoms with Crippen molar-refractivity contribution in [1.82, 2.24) is 9.97 Å². The number of thioether (sulfide) groups is 1. The summed E-state index contributed by atoms with van der Waals surface area (Å²) >= 11 is 1.57. The van der Waals surface area contributed by atoms with Crippen LogP contribution in [0.1, 0.15) is 18.4 Å². The van der Waals surface area contributed by atoms with Crippen molar-refractivity contribution >= 4 is 28.5 Å². The van der Waals surface area contributed by atoms with Gasteiger partial charge in [0.25, 0.3) is 0 Å². The Morgan fingerprint density at radius 3 is 2.61 bits per heavy atom. The number of nitrogens with one attached hydrogen (secondary N) is 1. The molecule has 3 aromatic rings. The fourth-order valence-electron chi connectivity index (χ4n) is 2.38. The highest BCUT2D eigenvalue weighted by Crippen LogP contribution is 2.30. The van der Waals surface area contributed by atoms with Crippen LogP contribution in [0.3, 0.4) is 0 Å². The summed E-state index contributed by atoms with van der Waals surface area (Å²) in [6, 6.07) is 15.2. The van der Waals surface area contributed by atoms with E-state index in [4.69, 9.17) is 0 Å². The largest absolute Gasteiger partial charge is 0.367 e. The van der Waals surface area contributed by atoms with Crippen molar-refractivity contribution in [3.63, 3.8) is 0 Å². The number of para-hydroxylation sites is 1. The maximum atomic E-state index is 13.0. The summed E-state index contributed by atoms with van der Waals surface area (Å²) in [5.41, 5.74) is 2.01. The molecular weight excluding hydrogens is 309 g/mol. The average molecular weight is 325 g/mol. The summed E-state index contributed by atoms with van der Waals surface area (Å²) in [5.74, 6) is 1.43. The molecular formula is C18H16FN3S. The molecule has 2 aromatic carbocycles. The number of halogens is 1. The van der Waals surface area contributed by atoms with E-state index in [0.717, 1.165) is 33.2 Å². The first-order chi connectivity index (χ1) is 11.3. The summed E-state index contributed by atoms with van der Waals surface area (Å²) in [7, 11) is 0. The van der Waals surface area contributed by atoms with Gasteiger partial charge in [-0.1, -0.05) is 36.0 Å². The number of anilines is 1. The smallest absolute Gasteiger partial charge is 0.190 e. The average Bonchev–Trinajstić information content (AvgIpc) is 3.38. The number of aromatic nitrogens is 2. The van der Waals surface area contributed by atoms with Gasteiger partial charge in [-0.15, -0.1) is 0 Å². The van der Waals surface area contributed by atoms with Crippen molar-refractivity contribution in [3.8, 4) is 0 Å². The molecule has 0 spiro atoms. The molecule has 1 fully saturated rings. The maximum Gasteiger partial charge on any atom is 0.190 e. The van der Waals surface area contributed by atoms with E-state index in [2.05, 4.69) is 21.4 Å². The van der Waals surface area contributed by atoms with Crippen LogP contribution < -0.4 is 5.32 Å². The molecule has 0 atom stereocenters. The Bertz CT molecular complexity index is 831. The van der Waals surface area contributed by atoms with Crippen LogP contribution in [0.5, 0.6) is 0 Å². The minimum atomic E-state index is -0.211. The van der Waals surface area contributed by atoms with Gasteiger partial charge >= 0.3 is 0 Å². The summed E-state index contributed by atoms with van der Waals surface area (Å²) in [6.07, 6.45) is 2.41. The highest BCUT2D eigenvalue weighted by atomic mass is 32.2. The molecule has 1 saturated carbocycles. The first-order valence-corrected chi connectivity index (χ1v) is 8.67. The second-order valence-corrected chi connectivity index (χ2v) is 6.65. The Labute approximate surface area is 138 Å². The molecule has 0 aliphatic heterocycles. The van der Waals surface area contributed by atoms with E-state index in [1.54, 1.807) is 23.9 Å². The minimum absolute atomic E-state index is 0.211. The lowest BCUT2D eigenvalue weighted by Gasteiger charge is -2.10. The number of rotatable bonds is 5. The van der Waals surface area contributed by atoms with Crippen molar-refractivity contribution in [3.05, 3.63) is 59.9 Å². The first-order valence-electron chi connectivity index (χ1n) is 7.68. The van der Waals surface area contributed by atoms with Crippen molar-refractivity contribution in [2.75, 3.05) is 5.32 Å². The van der Waals surface area contributed by atoms with Crippen LogP contribution in [0.4, 0.5) is 10.2 Å². The second-order valence-electron chi connectivity index (χ2n) is 5.71. The lowest BCUT2D eigenvalue weighted by molar-refractivity contribution is 0.627. The summed E-state index contributed by atoms with van der Waals surface area (Å²) in [4.78, 5) is 9.31. The summed E-state index contributed by atoms with van der Waals surface area (Å²) in [6.45, 7) is 0. The topological polar surface area (TPSA) is 37.8 Å². The van der Waals surface area contributed by atoms with Crippen LogP contribution in [-0.2, 0) is 5.75 Å². The third-order valence-corrected chi connectivity index (χ3v) is 4.70. The molecule has 1 heterocycles. The first kappa shape index (κ1) is 14.5. The van der Waals surface area contributed by atoms with Gasteiger partial charge in [0.1, 0.15) is 11.6 Å². The zero-order valence-electron chi connectivity index (χ0n) is 12.5. The summed E-state index contributed by atoms with van der Waals surface area (Å²) in [5, 5.41) is 5.30. The molecule has 1 aromatic heterocycles. The molecule has 1 N–H and O–H groups in total. The lowest BCUT2D eigenvalue weighted by atomic mass is 10.2. The van der Waals surface area contributed by atoms with Crippen LogP contribution in [0.25, 0.3) is 10.9 Å². The van der Waals surface area contributed by atoms with E-state index in [-0.39, 0.29) is 5.82 Å². The molecule has 0 saturated heterocycles. The molecule has 1 aliphatic rings. The van der Waals surface area contributed by atoms with Gasteiger partial charge in [-0.05, 0) is 42.7 Å². The molecule has 3 nitrogen and oxygen atoms in total. The molecule has 4 rings (SSSR count). The van der Waals surface area contributed by atoms with E-state index in [0.29, 0.717) is 6.04 Å². The molecule has 23 heavy (non-hydrogen) atoms. The van der Waals surface area contributed by atoms with Gasteiger partial charge in [0.05, 0.1) is 5.52 Å². The van der Waals surface area contributed by atoms with E-state index < -0.39 is 0 Å².